The number of aryl methyl sites for hydroxylation is 2. The zero-order valence-corrected chi connectivity index (χ0v) is 13.2. The van der Waals surface area contributed by atoms with Gasteiger partial charge in [-0.1, -0.05) is 0 Å². The number of hydrogen-bond acceptors (Lipinski definition) is 4. The number of nitriles is 1. The summed E-state index contributed by atoms with van der Waals surface area (Å²) in [6.45, 7) is 7.47. The first-order chi connectivity index (χ1) is 9.21. The normalized spacial score (nSPS) is 11.8. The topological polar surface area (TPSA) is 87.2 Å². The Balaban J connectivity index is 3.34. The minimum absolute atomic E-state index is 0.118. The van der Waals surface area contributed by atoms with E-state index in [0.29, 0.717) is 0 Å². The predicted molar refractivity (Wildman–Crippen MR) is 79.6 cm³/mol. The number of benzene rings is 1. The lowest BCUT2D eigenvalue weighted by molar-refractivity contribution is 0.360. The van der Waals surface area contributed by atoms with Crippen molar-refractivity contribution in [1.82, 2.24) is 4.31 Å². The second kappa shape index (κ2) is 6.25. The van der Waals surface area contributed by atoms with Gasteiger partial charge >= 0.3 is 0 Å². The fraction of sp³-hybridized carbons (Fsp3) is 0.500. The van der Waals surface area contributed by atoms with E-state index in [-0.39, 0.29) is 29.6 Å². The Kier molecular flexibility index (Phi) is 5.15. The first-order valence-corrected chi connectivity index (χ1v) is 7.91. The third kappa shape index (κ3) is 3.30. The Hall–Kier alpha value is -1.58. The molecule has 0 aliphatic rings. The average molecular weight is 295 g/mol. The van der Waals surface area contributed by atoms with Crippen LogP contribution >= 0.6 is 0 Å². The Bertz CT molecular complexity index is 631. The largest absolute Gasteiger partial charge is 0.398 e. The van der Waals surface area contributed by atoms with Crippen LogP contribution in [0.15, 0.2) is 17.0 Å². The molecule has 1 rings (SSSR count). The zero-order chi connectivity index (χ0) is 15.5. The summed E-state index contributed by atoms with van der Waals surface area (Å²) in [6, 6.07) is 5.02. The average Bonchev–Trinajstić information content (AvgIpc) is 2.33. The van der Waals surface area contributed by atoms with Gasteiger partial charge in [-0.15, -0.1) is 0 Å². The van der Waals surface area contributed by atoms with Crippen LogP contribution in [-0.4, -0.2) is 25.3 Å². The summed E-state index contributed by atoms with van der Waals surface area (Å²) in [5, 5.41) is 8.67. The van der Waals surface area contributed by atoms with E-state index in [9.17, 15) is 8.42 Å². The van der Waals surface area contributed by atoms with Crippen molar-refractivity contribution in [2.24, 2.45) is 0 Å². The minimum atomic E-state index is -3.69. The lowest BCUT2D eigenvalue weighted by Gasteiger charge is -2.26. The van der Waals surface area contributed by atoms with Gasteiger partial charge in [0.15, 0.2) is 0 Å². The molecule has 0 aliphatic carbocycles. The van der Waals surface area contributed by atoms with Crippen LogP contribution in [0.2, 0.25) is 0 Å². The van der Waals surface area contributed by atoms with E-state index < -0.39 is 10.0 Å². The Morgan fingerprint density at radius 1 is 1.30 bits per heavy atom. The summed E-state index contributed by atoms with van der Waals surface area (Å²) in [6.07, 6.45) is 0.155. The molecular weight excluding hydrogens is 274 g/mol. The Morgan fingerprint density at radius 3 is 2.35 bits per heavy atom. The lowest BCUT2D eigenvalue weighted by Crippen LogP contribution is -2.38. The molecule has 0 bridgehead atoms. The van der Waals surface area contributed by atoms with Gasteiger partial charge in [-0.2, -0.15) is 9.57 Å². The number of nitrogens with zero attached hydrogens (tertiary/aromatic N) is 2. The van der Waals surface area contributed by atoms with E-state index in [1.54, 1.807) is 26.0 Å². The van der Waals surface area contributed by atoms with Crippen LogP contribution in [0, 0.1) is 25.2 Å². The maximum absolute atomic E-state index is 12.7. The summed E-state index contributed by atoms with van der Waals surface area (Å²) in [4.78, 5) is 0.118. The third-order valence-corrected chi connectivity index (χ3v) is 5.36. The quantitative estimate of drug-likeness (QED) is 0.844. The van der Waals surface area contributed by atoms with Crippen LogP contribution in [0.4, 0.5) is 5.69 Å². The number of rotatable bonds is 5. The summed E-state index contributed by atoms with van der Waals surface area (Å²) < 4.78 is 26.7. The van der Waals surface area contributed by atoms with Gasteiger partial charge in [0, 0.05) is 19.0 Å². The highest BCUT2D eigenvalue weighted by atomic mass is 32.2. The molecule has 5 nitrogen and oxygen atoms in total. The molecule has 0 saturated carbocycles. The summed E-state index contributed by atoms with van der Waals surface area (Å²) in [5.74, 6) is 0. The molecule has 2 N–H and O–H groups in total. The van der Waals surface area contributed by atoms with E-state index in [4.69, 9.17) is 11.0 Å². The molecule has 0 unspecified atom stereocenters. The fourth-order valence-electron chi connectivity index (χ4n) is 1.98. The molecule has 0 aromatic heterocycles. The molecular formula is C14H21N3O2S. The highest BCUT2D eigenvalue weighted by Crippen LogP contribution is 2.27. The standard InChI is InChI=1S/C14H21N3O2S/c1-10(2)17(7-5-6-15)20(18,19)14-9-12(4)11(3)8-13(14)16/h8-10H,5,7,16H2,1-4H3. The predicted octanol–water partition coefficient (Wildman–Crippen LogP) is 2.20. The molecule has 20 heavy (non-hydrogen) atoms. The van der Waals surface area contributed by atoms with Gasteiger partial charge in [0.2, 0.25) is 10.0 Å². The van der Waals surface area contributed by atoms with E-state index in [1.165, 1.54) is 4.31 Å². The summed E-state index contributed by atoms with van der Waals surface area (Å²) >= 11 is 0. The van der Waals surface area contributed by atoms with Crippen molar-refractivity contribution in [1.29, 1.82) is 5.26 Å². The molecule has 1 aromatic rings. The molecule has 0 fully saturated rings. The van der Waals surface area contributed by atoms with Gasteiger partial charge in [-0.25, -0.2) is 8.42 Å². The maximum atomic E-state index is 12.7. The maximum Gasteiger partial charge on any atom is 0.245 e. The van der Waals surface area contributed by atoms with Crippen molar-refractivity contribution in [3.05, 3.63) is 23.3 Å². The molecule has 1 aromatic carbocycles. The van der Waals surface area contributed by atoms with Crippen molar-refractivity contribution >= 4 is 15.7 Å². The number of nitrogen functional groups attached to an aromatic ring is 1. The smallest absolute Gasteiger partial charge is 0.245 e. The van der Waals surface area contributed by atoms with Crippen molar-refractivity contribution in [2.75, 3.05) is 12.3 Å². The highest BCUT2D eigenvalue weighted by Gasteiger charge is 2.28. The molecule has 0 aliphatic heterocycles. The molecule has 0 amide bonds. The molecule has 0 heterocycles. The van der Waals surface area contributed by atoms with Crippen LogP contribution in [0.1, 0.15) is 31.4 Å². The van der Waals surface area contributed by atoms with Crippen molar-refractivity contribution in [2.45, 2.75) is 45.1 Å². The Labute approximate surface area is 121 Å². The van der Waals surface area contributed by atoms with Gasteiger partial charge in [-0.3, -0.25) is 0 Å². The first kappa shape index (κ1) is 16.5. The van der Waals surface area contributed by atoms with E-state index >= 15 is 0 Å². The van der Waals surface area contributed by atoms with E-state index in [0.717, 1.165) is 11.1 Å². The number of hydrogen-bond donors (Lipinski definition) is 1. The van der Waals surface area contributed by atoms with Crippen molar-refractivity contribution in [3.63, 3.8) is 0 Å². The molecule has 0 radical (unpaired) electrons. The molecule has 0 saturated heterocycles. The van der Waals surface area contributed by atoms with Crippen LogP contribution in [0.5, 0.6) is 0 Å². The van der Waals surface area contributed by atoms with Crippen molar-refractivity contribution in [3.8, 4) is 6.07 Å². The highest BCUT2D eigenvalue weighted by molar-refractivity contribution is 7.89. The number of nitrogens with two attached hydrogens (primary N) is 1. The van der Waals surface area contributed by atoms with Gasteiger partial charge in [-0.05, 0) is 51.0 Å². The minimum Gasteiger partial charge on any atom is -0.398 e. The molecule has 0 spiro atoms. The van der Waals surface area contributed by atoms with Crippen LogP contribution < -0.4 is 5.73 Å². The van der Waals surface area contributed by atoms with Crippen molar-refractivity contribution < 1.29 is 8.42 Å². The van der Waals surface area contributed by atoms with Gasteiger partial charge in [0.25, 0.3) is 0 Å². The van der Waals surface area contributed by atoms with Gasteiger partial charge in [0.05, 0.1) is 11.8 Å². The molecule has 110 valence electrons. The number of sulfonamides is 1. The van der Waals surface area contributed by atoms with Gasteiger partial charge < -0.3 is 5.73 Å². The molecule has 0 atom stereocenters. The second-order valence-corrected chi connectivity index (χ2v) is 6.95. The zero-order valence-electron chi connectivity index (χ0n) is 12.3. The first-order valence-electron chi connectivity index (χ1n) is 6.47. The van der Waals surface area contributed by atoms with Crippen LogP contribution in [0.3, 0.4) is 0 Å². The van der Waals surface area contributed by atoms with E-state index in [2.05, 4.69) is 0 Å². The fourth-order valence-corrected chi connectivity index (χ4v) is 3.80. The monoisotopic (exact) mass is 295 g/mol. The van der Waals surface area contributed by atoms with E-state index in [1.807, 2.05) is 19.9 Å². The van der Waals surface area contributed by atoms with Crippen LogP contribution in [0.25, 0.3) is 0 Å². The number of anilines is 1. The Morgan fingerprint density at radius 2 is 1.85 bits per heavy atom. The third-order valence-electron chi connectivity index (χ3n) is 3.23. The summed E-state index contributed by atoms with van der Waals surface area (Å²) in [5.41, 5.74) is 7.95. The SMILES string of the molecule is Cc1cc(N)c(S(=O)(=O)N(CCC#N)C(C)C)cc1C. The summed E-state index contributed by atoms with van der Waals surface area (Å²) in [7, 11) is -3.69. The molecule has 6 heteroatoms. The van der Waals surface area contributed by atoms with Crippen LogP contribution in [-0.2, 0) is 10.0 Å². The van der Waals surface area contributed by atoms with Gasteiger partial charge in [0.1, 0.15) is 4.90 Å². The lowest BCUT2D eigenvalue weighted by atomic mass is 10.1. The second-order valence-electron chi connectivity index (χ2n) is 5.09.